The fraction of sp³-hybridized carbons (Fsp3) is 0.207. The van der Waals surface area contributed by atoms with Crippen LogP contribution in [0.25, 0.3) is 10.8 Å². The summed E-state index contributed by atoms with van der Waals surface area (Å²) in [5, 5.41) is 15.3. The van der Waals surface area contributed by atoms with Crippen molar-refractivity contribution in [2.24, 2.45) is 0 Å². The average Bonchev–Trinajstić information content (AvgIpc) is 2.87. The smallest absolute Gasteiger partial charge is 0.338 e. The van der Waals surface area contributed by atoms with Gasteiger partial charge in [0.1, 0.15) is 23.5 Å². The van der Waals surface area contributed by atoms with E-state index >= 15 is 0 Å². The second-order valence-corrected chi connectivity index (χ2v) is 8.96. The molecule has 2 N–H and O–H groups in total. The quantitative estimate of drug-likeness (QED) is 0.313. The Bertz CT molecular complexity index is 1420. The standard InChI is InChI=1S/C29H26F2N2O3/c1-18(23-8-4-6-19-5-2-3-7-24(19)23)32-14-13-22-17-33(27-12-9-20(30)15-28(27)36-22)21-10-11-26(31)25(16-21)29(34)35/h2-12,15-16,18,22,32H,13-14,17H2,1H3,(H,34,35). The highest BCUT2D eigenvalue weighted by Crippen LogP contribution is 2.39. The van der Waals surface area contributed by atoms with E-state index in [0.717, 1.165) is 6.07 Å². The lowest BCUT2D eigenvalue weighted by Crippen LogP contribution is -2.39. The molecule has 2 atom stereocenters. The molecule has 184 valence electrons. The predicted molar refractivity (Wildman–Crippen MR) is 136 cm³/mol. The van der Waals surface area contributed by atoms with E-state index in [0.29, 0.717) is 36.6 Å². The van der Waals surface area contributed by atoms with E-state index in [2.05, 4.69) is 42.6 Å². The number of carboxylic acid groups (broad SMARTS) is 1. The maximum absolute atomic E-state index is 14.0. The van der Waals surface area contributed by atoms with Crippen LogP contribution in [0.2, 0.25) is 0 Å². The van der Waals surface area contributed by atoms with Crippen molar-refractivity contribution in [1.82, 2.24) is 5.32 Å². The lowest BCUT2D eigenvalue weighted by atomic mass is 9.99. The third kappa shape index (κ3) is 4.75. The van der Waals surface area contributed by atoms with Crippen LogP contribution in [0, 0.1) is 11.6 Å². The van der Waals surface area contributed by atoms with E-state index in [9.17, 15) is 18.7 Å². The zero-order chi connectivity index (χ0) is 25.2. The van der Waals surface area contributed by atoms with Gasteiger partial charge in [0.2, 0.25) is 0 Å². The summed E-state index contributed by atoms with van der Waals surface area (Å²) in [6.45, 7) is 3.18. The van der Waals surface area contributed by atoms with Crippen LogP contribution in [-0.4, -0.2) is 30.3 Å². The van der Waals surface area contributed by atoms with Crippen molar-refractivity contribution in [3.05, 3.63) is 102 Å². The van der Waals surface area contributed by atoms with E-state index in [-0.39, 0.29) is 12.1 Å². The maximum Gasteiger partial charge on any atom is 0.338 e. The van der Waals surface area contributed by atoms with Gasteiger partial charge in [-0.3, -0.25) is 0 Å². The highest BCUT2D eigenvalue weighted by atomic mass is 19.1. The third-order valence-electron chi connectivity index (χ3n) is 6.59. The van der Waals surface area contributed by atoms with Crippen molar-refractivity contribution < 1.29 is 23.4 Å². The van der Waals surface area contributed by atoms with Gasteiger partial charge < -0.3 is 20.1 Å². The fourth-order valence-electron chi connectivity index (χ4n) is 4.76. The summed E-state index contributed by atoms with van der Waals surface area (Å²) >= 11 is 0. The van der Waals surface area contributed by atoms with Crippen LogP contribution in [0.5, 0.6) is 5.75 Å². The summed E-state index contributed by atoms with van der Waals surface area (Å²) < 4.78 is 34.1. The number of rotatable bonds is 7. The zero-order valence-corrected chi connectivity index (χ0v) is 19.7. The molecule has 0 aliphatic carbocycles. The van der Waals surface area contributed by atoms with Gasteiger partial charge in [0.05, 0.1) is 17.8 Å². The van der Waals surface area contributed by atoms with Crippen LogP contribution in [0.1, 0.15) is 35.3 Å². The molecule has 0 spiro atoms. The number of nitrogens with zero attached hydrogens (tertiary/aromatic N) is 1. The lowest BCUT2D eigenvalue weighted by molar-refractivity contribution is 0.0692. The number of halogens is 2. The molecule has 0 fully saturated rings. The van der Waals surface area contributed by atoms with Crippen LogP contribution >= 0.6 is 0 Å². The molecule has 36 heavy (non-hydrogen) atoms. The molecule has 1 aliphatic rings. The topological polar surface area (TPSA) is 61.8 Å². The second kappa shape index (κ2) is 9.95. The molecule has 0 amide bonds. The van der Waals surface area contributed by atoms with E-state index in [4.69, 9.17) is 4.74 Å². The van der Waals surface area contributed by atoms with Crippen molar-refractivity contribution in [3.8, 4) is 5.75 Å². The Kier molecular flexibility index (Phi) is 6.57. The number of aromatic carboxylic acids is 1. The summed E-state index contributed by atoms with van der Waals surface area (Å²) in [7, 11) is 0. The van der Waals surface area contributed by atoms with Gasteiger partial charge in [0.25, 0.3) is 0 Å². The van der Waals surface area contributed by atoms with Gasteiger partial charge in [-0.1, -0.05) is 42.5 Å². The normalized spacial score (nSPS) is 15.9. The van der Waals surface area contributed by atoms with Crippen LogP contribution in [0.3, 0.4) is 0 Å². The first-order chi connectivity index (χ1) is 17.4. The molecule has 5 nitrogen and oxygen atoms in total. The Morgan fingerprint density at radius 3 is 2.72 bits per heavy atom. The Labute approximate surface area is 207 Å². The molecule has 0 aromatic heterocycles. The van der Waals surface area contributed by atoms with Gasteiger partial charge in [0.15, 0.2) is 0 Å². The number of nitrogens with one attached hydrogen (secondary N) is 1. The first kappa shape index (κ1) is 23.8. The van der Waals surface area contributed by atoms with E-state index in [1.54, 1.807) is 6.07 Å². The average molecular weight is 489 g/mol. The molecule has 0 saturated heterocycles. The Balaban J connectivity index is 1.34. The number of benzene rings is 4. The van der Waals surface area contributed by atoms with E-state index in [1.165, 1.54) is 40.6 Å². The minimum atomic E-state index is -1.34. The highest BCUT2D eigenvalue weighted by Gasteiger charge is 2.28. The Morgan fingerprint density at radius 1 is 1.08 bits per heavy atom. The fourth-order valence-corrected chi connectivity index (χ4v) is 4.76. The number of hydrogen-bond donors (Lipinski definition) is 2. The van der Waals surface area contributed by atoms with Gasteiger partial charge in [-0.25, -0.2) is 13.6 Å². The lowest BCUT2D eigenvalue weighted by Gasteiger charge is -2.36. The monoisotopic (exact) mass is 488 g/mol. The summed E-state index contributed by atoms with van der Waals surface area (Å²) in [6, 6.07) is 22.8. The molecule has 5 rings (SSSR count). The molecular formula is C29H26F2N2O3. The van der Waals surface area contributed by atoms with Crippen LogP contribution < -0.4 is 15.0 Å². The summed E-state index contributed by atoms with van der Waals surface area (Å²) in [5.74, 6) is -2.20. The maximum atomic E-state index is 14.0. The molecule has 2 unspecified atom stereocenters. The van der Waals surface area contributed by atoms with Crippen molar-refractivity contribution >= 4 is 28.1 Å². The van der Waals surface area contributed by atoms with Gasteiger partial charge in [-0.2, -0.15) is 0 Å². The van der Waals surface area contributed by atoms with Crippen molar-refractivity contribution in [1.29, 1.82) is 0 Å². The van der Waals surface area contributed by atoms with Gasteiger partial charge in [0, 0.05) is 17.8 Å². The third-order valence-corrected chi connectivity index (χ3v) is 6.59. The van der Waals surface area contributed by atoms with Crippen molar-refractivity contribution in [2.45, 2.75) is 25.5 Å². The Hall–Kier alpha value is -3.97. The van der Waals surface area contributed by atoms with E-state index in [1.807, 2.05) is 17.0 Å². The highest BCUT2D eigenvalue weighted by molar-refractivity contribution is 5.90. The molecule has 4 aromatic carbocycles. The molecule has 0 radical (unpaired) electrons. The SMILES string of the molecule is CC(NCCC1CN(c2ccc(F)c(C(=O)O)c2)c2ccc(F)cc2O1)c1cccc2ccccc12. The first-order valence-electron chi connectivity index (χ1n) is 11.9. The second-order valence-electron chi connectivity index (χ2n) is 8.96. The van der Waals surface area contributed by atoms with Gasteiger partial charge in [-0.15, -0.1) is 0 Å². The summed E-state index contributed by atoms with van der Waals surface area (Å²) in [6.07, 6.45) is 0.346. The number of carbonyl (C=O) groups is 1. The largest absolute Gasteiger partial charge is 0.486 e. The predicted octanol–water partition coefficient (Wildman–Crippen LogP) is 6.46. The number of carboxylic acids is 1. The first-order valence-corrected chi connectivity index (χ1v) is 11.9. The van der Waals surface area contributed by atoms with Crippen LogP contribution in [-0.2, 0) is 0 Å². The van der Waals surface area contributed by atoms with Gasteiger partial charge in [-0.05, 0) is 66.6 Å². The number of hydrogen-bond acceptors (Lipinski definition) is 4. The number of anilines is 2. The van der Waals surface area contributed by atoms with Crippen molar-refractivity contribution in [3.63, 3.8) is 0 Å². The molecular weight excluding hydrogens is 462 g/mol. The zero-order valence-electron chi connectivity index (χ0n) is 19.7. The van der Waals surface area contributed by atoms with Crippen LogP contribution in [0.15, 0.2) is 78.9 Å². The number of fused-ring (bicyclic) bond motifs is 2. The Morgan fingerprint density at radius 2 is 1.89 bits per heavy atom. The molecule has 1 heterocycles. The minimum absolute atomic E-state index is 0.107. The van der Waals surface area contributed by atoms with Crippen LogP contribution in [0.4, 0.5) is 20.2 Å². The van der Waals surface area contributed by atoms with Gasteiger partial charge >= 0.3 is 5.97 Å². The summed E-state index contributed by atoms with van der Waals surface area (Å²) in [4.78, 5) is 13.3. The van der Waals surface area contributed by atoms with Crippen molar-refractivity contribution in [2.75, 3.05) is 18.0 Å². The van der Waals surface area contributed by atoms with E-state index < -0.39 is 23.2 Å². The molecule has 1 aliphatic heterocycles. The summed E-state index contributed by atoms with van der Waals surface area (Å²) in [5.41, 5.74) is 1.91. The molecule has 4 aromatic rings. The molecule has 7 heteroatoms. The minimum Gasteiger partial charge on any atom is -0.486 e. The number of ether oxygens (including phenoxy) is 1. The molecule has 0 saturated carbocycles. The molecule has 0 bridgehead atoms.